The number of hydrogen-bond acceptors (Lipinski definition) is 3. The van der Waals surface area contributed by atoms with E-state index in [2.05, 4.69) is 0 Å². The summed E-state index contributed by atoms with van der Waals surface area (Å²) in [7, 11) is 0. The summed E-state index contributed by atoms with van der Waals surface area (Å²) >= 11 is 1.70. The fourth-order valence-electron chi connectivity index (χ4n) is 3.14. The molecule has 2 aliphatic rings. The van der Waals surface area contributed by atoms with Crippen LogP contribution in [0.4, 0.5) is 5.69 Å². The summed E-state index contributed by atoms with van der Waals surface area (Å²) in [6.45, 7) is 0.285. The third kappa shape index (κ3) is 2.59. The molecular formula is C15H19NO2S. The molecule has 1 amide bonds. The van der Waals surface area contributed by atoms with Crippen LogP contribution in [0.15, 0.2) is 11.4 Å². The average Bonchev–Trinajstić information content (AvgIpc) is 3.05. The summed E-state index contributed by atoms with van der Waals surface area (Å²) in [4.78, 5) is 27.5. The minimum atomic E-state index is 0.114. The molecule has 0 saturated heterocycles. The van der Waals surface area contributed by atoms with E-state index in [-0.39, 0.29) is 24.2 Å². The minimum absolute atomic E-state index is 0.114. The second-order valence-electron chi connectivity index (χ2n) is 5.51. The lowest BCUT2D eigenvalue weighted by Gasteiger charge is -2.22. The molecule has 3 rings (SSSR count). The Labute approximate surface area is 117 Å². The SMILES string of the molecule is O=C(CN1C(=O)CCCc2sccc21)C1CCCC1. The van der Waals surface area contributed by atoms with Gasteiger partial charge < -0.3 is 4.90 Å². The number of Topliss-reactive ketones (excluding diaryl/α,β-unsaturated/α-hetero) is 1. The van der Waals surface area contributed by atoms with Crippen LogP contribution in [-0.2, 0) is 16.0 Å². The zero-order valence-corrected chi connectivity index (χ0v) is 11.9. The van der Waals surface area contributed by atoms with Crippen molar-refractivity contribution in [3.63, 3.8) is 0 Å². The Morgan fingerprint density at radius 3 is 2.84 bits per heavy atom. The summed E-state index contributed by atoms with van der Waals surface area (Å²) in [5.41, 5.74) is 0.985. The van der Waals surface area contributed by atoms with Gasteiger partial charge in [-0.25, -0.2) is 0 Å². The maximum absolute atomic E-state index is 12.3. The topological polar surface area (TPSA) is 37.4 Å². The maximum atomic E-state index is 12.3. The van der Waals surface area contributed by atoms with Crippen LogP contribution < -0.4 is 4.90 Å². The van der Waals surface area contributed by atoms with Gasteiger partial charge in [0.15, 0.2) is 5.78 Å². The molecule has 1 saturated carbocycles. The second-order valence-corrected chi connectivity index (χ2v) is 6.51. The molecule has 1 aliphatic heterocycles. The average molecular weight is 277 g/mol. The molecule has 1 aromatic heterocycles. The highest BCUT2D eigenvalue weighted by Gasteiger charge is 2.29. The van der Waals surface area contributed by atoms with Crippen LogP contribution in [0.2, 0.25) is 0 Å². The minimum Gasteiger partial charge on any atom is -0.304 e. The number of thiophene rings is 1. The van der Waals surface area contributed by atoms with E-state index in [1.54, 1.807) is 16.2 Å². The molecule has 0 unspecified atom stereocenters. The van der Waals surface area contributed by atoms with Gasteiger partial charge in [-0.05, 0) is 37.1 Å². The standard InChI is InChI=1S/C15H19NO2S/c17-13(11-4-1-2-5-11)10-16-12-8-9-19-14(12)6-3-7-15(16)18/h8-9,11H,1-7,10H2. The number of amides is 1. The van der Waals surface area contributed by atoms with Gasteiger partial charge in [0.05, 0.1) is 12.2 Å². The van der Waals surface area contributed by atoms with E-state index < -0.39 is 0 Å². The van der Waals surface area contributed by atoms with E-state index in [4.69, 9.17) is 0 Å². The Morgan fingerprint density at radius 2 is 2.05 bits per heavy atom. The van der Waals surface area contributed by atoms with Crippen LogP contribution in [-0.4, -0.2) is 18.2 Å². The molecule has 0 spiro atoms. The molecular weight excluding hydrogens is 258 g/mol. The lowest BCUT2D eigenvalue weighted by atomic mass is 10.0. The molecule has 1 aromatic rings. The van der Waals surface area contributed by atoms with Crippen molar-refractivity contribution >= 4 is 28.7 Å². The van der Waals surface area contributed by atoms with Gasteiger partial charge in [-0.2, -0.15) is 0 Å². The normalized spacial score (nSPS) is 20.4. The van der Waals surface area contributed by atoms with Gasteiger partial charge in [0, 0.05) is 17.2 Å². The number of fused-ring (bicyclic) bond motifs is 1. The molecule has 3 nitrogen and oxygen atoms in total. The number of carbonyl (C=O) groups excluding carboxylic acids is 2. The molecule has 2 heterocycles. The summed E-state index contributed by atoms with van der Waals surface area (Å²) in [5.74, 6) is 0.562. The molecule has 1 fully saturated rings. The van der Waals surface area contributed by atoms with E-state index in [1.165, 1.54) is 4.88 Å². The van der Waals surface area contributed by atoms with Crippen molar-refractivity contribution in [3.05, 3.63) is 16.3 Å². The Hall–Kier alpha value is -1.16. The molecule has 0 bridgehead atoms. The third-order valence-electron chi connectivity index (χ3n) is 4.23. The molecule has 0 atom stereocenters. The smallest absolute Gasteiger partial charge is 0.227 e. The molecule has 0 N–H and O–H groups in total. The Balaban J connectivity index is 1.78. The monoisotopic (exact) mass is 277 g/mol. The highest BCUT2D eigenvalue weighted by Crippen LogP contribution is 2.32. The van der Waals surface area contributed by atoms with Crippen molar-refractivity contribution in [1.82, 2.24) is 0 Å². The fraction of sp³-hybridized carbons (Fsp3) is 0.600. The third-order valence-corrected chi connectivity index (χ3v) is 5.20. The predicted octanol–water partition coefficient (Wildman–Crippen LogP) is 3.18. The summed E-state index contributed by atoms with van der Waals surface area (Å²) < 4.78 is 0. The summed E-state index contributed by atoms with van der Waals surface area (Å²) in [5, 5.41) is 2.02. The zero-order valence-electron chi connectivity index (χ0n) is 11.1. The van der Waals surface area contributed by atoms with Gasteiger partial charge in [0.1, 0.15) is 0 Å². The van der Waals surface area contributed by atoms with Crippen molar-refractivity contribution in [3.8, 4) is 0 Å². The quantitative estimate of drug-likeness (QED) is 0.851. The number of nitrogens with zero attached hydrogens (tertiary/aromatic N) is 1. The number of aryl methyl sites for hydroxylation is 1. The van der Waals surface area contributed by atoms with E-state index in [0.717, 1.165) is 44.2 Å². The lowest BCUT2D eigenvalue weighted by Crippen LogP contribution is -2.37. The van der Waals surface area contributed by atoms with Crippen molar-refractivity contribution in [1.29, 1.82) is 0 Å². The highest BCUT2D eigenvalue weighted by atomic mass is 32.1. The van der Waals surface area contributed by atoms with Crippen LogP contribution in [0.25, 0.3) is 0 Å². The molecule has 1 aliphatic carbocycles. The van der Waals surface area contributed by atoms with Gasteiger partial charge in [-0.15, -0.1) is 11.3 Å². The van der Waals surface area contributed by atoms with Crippen LogP contribution >= 0.6 is 11.3 Å². The predicted molar refractivity (Wildman–Crippen MR) is 76.6 cm³/mol. The largest absolute Gasteiger partial charge is 0.304 e. The van der Waals surface area contributed by atoms with Crippen molar-refractivity contribution in [2.45, 2.75) is 44.9 Å². The maximum Gasteiger partial charge on any atom is 0.227 e. The molecule has 102 valence electrons. The van der Waals surface area contributed by atoms with E-state index in [1.807, 2.05) is 11.4 Å². The first-order valence-corrected chi connectivity index (χ1v) is 8.03. The Kier molecular flexibility index (Phi) is 3.69. The zero-order chi connectivity index (χ0) is 13.2. The second kappa shape index (κ2) is 5.45. The van der Waals surface area contributed by atoms with Gasteiger partial charge in [-0.3, -0.25) is 9.59 Å². The van der Waals surface area contributed by atoms with Gasteiger partial charge >= 0.3 is 0 Å². The van der Waals surface area contributed by atoms with Gasteiger partial charge in [0.2, 0.25) is 5.91 Å². The van der Waals surface area contributed by atoms with Crippen molar-refractivity contribution in [2.24, 2.45) is 5.92 Å². The first-order chi connectivity index (χ1) is 9.25. The van der Waals surface area contributed by atoms with Crippen LogP contribution in [0.5, 0.6) is 0 Å². The van der Waals surface area contributed by atoms with Crippen molar-refractivity contribution < 1.29 is 9.59 Å². The Bertz CT molecular complexity index is 488. The van der Waals surface area contributed by atoms with Crippen molar-refractivity contribution in [2.75, 3.05) is 11.4 Å². The molecule has 0 aromatic carbocycles. The summed E-state index contributed by atoms with van der Waals surface area (Å²) in [6.07, 6.45) is 6.78. The molecule has 0 radical (unpaired) electrons. The van der Waals surface area contributed by atoms with Gasteiger partial charge in [0.25, 0.3) is 0 Å². The van der Waals surface area contributed by atoms with Crippen LogP contribution in [0, 0.1) is 5.92 Å². The van der Waals surface area contributed by atoms with Crippen LogP contribution in [0.3, 0.4) is 0 Å². The number of ketones is 1. The van der Waals surface area contributed by atoms with Crippen LogP contribution in [0.1, 0.15) is 43.4 Å². The van der Waals surface area contributed by atoms with E-state index in [9.17, 15) is 9.59 Å². The molecule has 19 heavy (non-hydrogen) atoms. The number of carbonyl (C=O) groups is 2. The first-order valence-electron chi connectivity index (χ1n) is 7.15. The van der Waals surface area contributed by atoms with E-state index >= 15 is 0 Å². The fourth-order valence-corrected chi connectivity index (χ4v) is 4.06. The lowest BCUT2D eigenvalue weighted by molar-refractivity contribution is -0.124. The number of hydrogen-bond donors (Lipinski definition) is 0. The molecule has 4 heteroatoms. The number of rotatable bonds is 3. The van der Waals surface area contributed by atoms with Gasteiger partial charge in [-0.1, -0.05) is 12.8 Å². The summed E-state index contributed by atoms with van der Waals surface area (Å²) in [6, 6.07) is 1.99. The first kappa shape index (κ1) is 12.9. The highest BCUT2D eigenvalue weighted by molar-refractivity contribution is 7.10. The Morgan fingerprint density at radius 1 is 1.26 bits per heavy atom. The van der Waals surface area contributed by atoms with E-state index in [0.29, 0.717) is 6.42 Å². The number of anilines is 1.